The molecule has 0 saturated heterocycles. The number of para-hydroxylation sites is 1. The van der Waals surface area contributed by atoms with E-state index in [1.54, 1.807) is 6.20 Å². The maximum atomic E-state index is 13.1. The molecule has 1 unspecified atom stereocenters. The topological polar surface area (TPSA) is 95.6 Å². The number of nitrogens with zero attached hydrogens (tertiary/aromatic N) is 2. The van der Waals surface area contributed by atoms with Crippen LogP contribution in [0.5, 0.6) is 0 Å². The molecule has 204 valence electrons. The highest BCUT2D eigenvalue weighted by atomic mass is 28.3. The van der Waals surface area contributed by atoms with E-state index in [1.165, 1.54) is 4.68 Å². The molecule has 8 nitrogen and oxygen atoms in total. The number of rotatable bonds is 8. The van der Waals surface area contributed by atoms with Crippen molar-refractivity contribution in [3.8, 4) is 16.8 Å². The van der Waals surface area contributed by atoms with Gasteiger partial charge in [-0.1, -0.05) is 74.2 Å². The number of hydrogen-bond acceptors (Lipinski definition) is 6. The zero-order chi connectivity index (χ0) is 28.3. The summed E-state index contributed by atoms with van der Waals surface area (Å²) in [6, 6.07) is 27.1. The third-order valence-corrected chi connectivity index (χ3v) is 9.26. The number of hydrogen-bond donors (Lipinski definition) is 1. The lowest BCUT2D eigenvalue weighted by molar-refractivity contribution is 0.0456. The minimum atomic E-state index is -1.74. The third-order valence-electron chi connectivity index (χ3n) is 6.70. The Morgan fingerprint density at radius 2 is 1.65 bits per heavy atom. The molecule has 1 amide bonds. The Morgan fingerprint density at radius 1 is 0.950 bits per heavy atom. The molecule has 5 rings (SSSR count). The van der Waals surface area contributed by atoms with E-state index in [9.17, 15) is 9.59 Å². The third kappa shape index (κ3) is 6.15. The minimum Gasteiger partial charge on any atom is -0.463 e. The Balaban J connectivity index is 1.31. The summed E-state index contributed by atoms with van der Waals surface area (Å²) in [7, 11) is -1.74. The summed E-state index contributed by atoms with van der Waals surface area (Å²) < 4.78 is 18.5. The summed E-state index contributed by atoms with van der Waals surface area (Å²) in [5, 5.41) is 7.94. The predicted octanol–water partition coefficient (Wildman–Crippen LogP) is 7.46. The lowest BCUT2D eigenvalue weighted by Gasteiger charge is -2.24. The van der Waals surface area contributed by atoms with Crippen molar-refractivity contribution in [3.05, 3.63) is 102 Å². The summed E-state index contributed by atoms with van der Waals surface area (Å²) in [5.74, 6) is -0.00795. The number of furan rings is 1. The molecule has 0 fully saturated rings. The van der Waals surface area contributed by atoms with Crippen molar-refractivity contribution in [1.29, 1.82) is 0 Å². The van der Waals surface area contributed by atoms with Crippen molar-refractivity contribution in [2.75, 3.05) is 5.32 Å². The number of benzene rings is 3. The number of fused-ring (bicyclic) bond motifs is 1. The molecule has 0 spiro atoms. The second-order valence-corrected chi connectivity index (χ2v) is 16.2. The van der Waals surface area contributed by atoms with Crippen LogP contribution in [-0.4, -0.2) is 35.6 Å². The van der Waals surface area contributed by atoms with Gasteiger partial charge in [-0.3, -0.25) is 5.32 Å². The average Bonchev–Trinajstić information content (AvgIpc) is 3.56. The first-order chi connectivity index (χ1) is 19.2. The van der Waals surface area contributed by atoms with Gasteiger partial charge in [0, 0.05) is 11.6 Å². The van der Waals surface area contributed by atoms with Crippen molar-refractivity contribution in [2.24, 2.45) is 0 Å². The number of carbonyl (C=O) groups excluding carboxylic acids is 2. The average molecular weight is 554 g/mol. The van der Waals surface area contributed by atoms with Crippen LogP contribution in [0.3, 0.4) is 0 Å². The zero-order valence-electron chi connectivity index (χ0n) is 22.9. The summed E-state index contributed by atoms with van der Waals surface area (Å²) in [5.41, 5.74) is 3.51. The number of aromatic nitrogens is 2. The molecule has 9 heteroatoms. The predicted molar refractivity (Wildman–Crippen MR) is 157 cm³/mol. The SMILES string of the molecule is CC(OC(=O)c1cn(-c2ccccc2)nc1NC(=O)OCc1cc2cc(-c3ccccc3)ccc2o1)[Si](C)(C)C. The molecule has 3 aromatic carbocycles. The largest absolute Gasteiger partial charge is 0.463 e. The van der Waals surface area contributed by atoms with E-state index < -0.39 is 20.1 Å². The van der Waals surface area contributed by atoms with Crippen molar-refractivity contribution in [2.45, 2.75) is 38.9 Å². The van der Waals surface area contributed by atoms with Gasteiger partial charge in [-0.15, -0.1) is 5.10 Å². The molecule has 5 aromatic rings. The molecule has 0 aliphatic rings. The van der Waals surface area contributed by atoms with Crippen LogP contribution in [0.2, 0.25) is 19.6 Å². The first kappa shape index (κ1) is 27.0. The van der Waals surface area contributed by atoms with Crippen LogP contribution in [0.15, 0.2) is 95.5 Å². The monoisotopic (exact) mass is 553 g/mol. The first-order valence-electron chi connectivity index (χ1n) is 13.0. The van der Waals surface area contributed by atoms with Gasteiger partial charge in [0.1, 0.15) is 16.9 Å². The summed E-state index contributed by atoms with van der Waals surface area (Å²) in [4.78, 5) is 25.9. The van der Waals surface area contributed by atoms with E-state index in [2.05, 4.69) is 30.1 Å². The molecule has 0 aliphatic heterocycles. The summed E-state index contributed by atoms with van der Waals surface area (Å²) in [6.07, 6.45) is 0.782. The normalized spacial score (nSPS) is 12.2. The molecule has 0 saturated carbocycles. The van der Waals surface area contributed by atoms with Gasteiger partial charge in [-0.05, 0) is 48.4 Å². The van der Waals surface area contributed by atoms with Crippen molar-refractivity contribution < 1.29 is 23.5 Å². The number of carbonyl (C=O) groups is 2. The van der Waals surface area contributed by atoms with Crippen molar-refractivity contribution in [3.63, 3.8) is 0 Å². The maximum absolute atomic E-state index is 13.1. The van der Waals surface area contributed by atoms with Gasteiger partial charge in [0.15, 0.2) is 12.4 Å². The number of amides is 1. The van der Waals surface area contributed by atoms with E-state index in [-0.39, 0.29) is 23.7 Å². The van der Waals surface area contributed by atoms with Gasteiger partial charge in [-0.25, -0.2) is 14.3 Å². The van der Waals surface area contributed by atoms with Gasteiger partial charge in [-0.2, -0.15) is 0 Å². The van der Waals surface area contributed by atoms with Gasteiger partial charge in [0.25, 0.3) is 0 Å². The Hall–Kier alpha value is -4.63. The van der Waals surface area contributed by atoms with E-state index in [0.717, 1.165) is 22.2 Å². The highest BCUT2D eigenvalue weighted by Crippen LogP contribution is 2.27. The Labute approximate surface area is 233 Å². The smallest absolute Gasteiger partial charge is 0.413 e. The summed E-state index contributed by atoms with van der Waals surface area (Å²) >= 11 is 0. The van der Waals surface area contributed by atoms with Gasteiger partial charge in [0.05, 0.1) is 19.5 Å². The van der Waals surface area contributed by atoms with E-state index in [4.69, 9.17) is 13.9 Å². The quantitative estimate of drug-likeness (QED) is 0.158. The molecule has 0 radical (unpaired) electrons. The number of nitrogens with one attached hydrogen (secondary N) is 1. The molecule has 0 bridgehead atoms. The molecular formula is C31H31N3O5Si. The maximum Gasteiger partial charge on any atom is 0.413 e. The standard InChI is InChI=1S/C31H31N3O5Si/c1-21(40(2,3)4)38-30(35)27-19-34(25-13-9-6-10-14-25)33-29(27)32-31(36)37-20-26-18-24-17-23(15-16-28(24)39-26)22-11-7-5-8-12-22/h5-19,21H,20H2,1-4H3,(H,32,33,36). The van der Waals surface area contributed by atoms with Crippen LogP contribution < -0.4 is 5.32 Å². The van der Waals surface area contributed by atoms with Crippen LogP contribution in [0.4, 0.5) is 10.6 Å². The van der Waals surface area contributed by atoms with Crippen LogP contribution in [0, 0.1) is 0 Å². The molecule has 2 aromatic heterocycles. The van der Waals surface area contributed by atoms with E-state index in [1.807, 2.05) is 91.9 Å². The van der Waals surface area contributed by atoms with Crippen LogP contribution in [0.25, 0.3) is 27.8 Å². The zero-order valence-corrected chi connectivity index (χ0v) is 23.9. The number of esters is 1. The van der Waals surface area contributed by atoms with E-state index >= 15 is 0 Å². The van der Waals surface area contributed by atoms with Gasteiger partial charge in [0.2, 0.25) is 0 Å². The van der Waals surface area contributed by atoms with Gasteiger partial charge >= 0.3 is 12.1 Å². The number of anilines is 1. The summed E-state index contributed by atoms with van der Waals surface area (Å²) in [6.45, 7) is 8.16. The number of ether oxygens (including phenoxy) is 2. The lowest BCUT2D eigenvalue weighted by atomic mass is 10.0. The fraction of sp³-hybridized carbons (Fsp3) is 0.194. The first-order valence-corrected chi connectivity index (χ1v) is 16.6. The molecule has 1 atom stereocenters. The molecule has 40 heavy (non-hydrogen) atoms. The minimum absolute atomic E-state index is 0.0544. The highest BCUT2D eigenvalue weighted by Gasteiger charge is 2.29. The van der Waals surface area contributed by atoms with Crippen molar-refractivity contribution >= 4 is 36.9 Å². The van der Waals surface area contributed by atoms with Crippen molar-refractivity contribution in [1.82, 2.24) is 9.78 Å². The molecular weight excluding hydrogens is 522 g/mol. The molecule has 1 N–H and O–H groups in total. The Morgan fingerprint density at radius 3 is 2.35 bits per heavy atom. The molecule has 0 aliphatic carbocycles. The van der Waals surface area contributed by atoms with Crippen LogP contribution in [-0.2, 0) is 16.1 Å². The fourth-order valence-corrected chi connectivity index (χ4v) is 4.44. The second-order valence-electron chi connectivity index (χ2n) is 10.6. The Kier molecular flexibility index (Phi) is 7.57. The highest BCUT2D eigenvalue weighted by molar-refractivity contribution is 6.77. The lowest BCUT2D eigenvalue weighted by Crippen LogP contribution is -2.39. The van der Waals surface area contributed by atoms with Crippen LogP contribution >= 0.6 is 0 Å². The van der Waals surface area contributed by atoms with Crippen LogP contribution in [0.1, 0.15) is 23.0 Å². The van der Waals surface area contributed by atoms with Gasteiger partial charge < -0.3 is 13.9 Å². The molecule has 2 heterocycles. The van der Waals surface area contributed by atoms with E-state index in [0.29, 0.717) is 11.3 Å². The second kappa shape index (κ2) is 11.2. The fourth-order valence-electron chi connectivity index (χ4n) is 3.98. The Bertz CT molecular complexity index is 1640.